The Labute approximate surface area is 119 Å². The zero-order valence-electron chi connectivity index (χ0n) is 11.7. The number of esters is 2. The van der Waals surface area contributed by atoms with E-state index in [0.717, 1.165) is 12.8 Å². The molecular formula is C17H18O3. The minimum Gasteiger partial charge on any atom is -0.386 e. The fourth-order valence-corrected chi connectivity index (χ4v) is 2.21. The Hall–Kier alpha value is -2.08. The minimum absolute atomic E-state index is 0.316. The van der Waals surface area contributed by atoms with Gasteiger partial charge in [-0.1, -0.05) is 50.5 Å². The van der Waals surface area contributed by atoms with Gasteiger partial charge < -0.3 is 4.74 Å². The average molecular weight is 270 g/mol. The van der Waals surface area contributed by atoms with E-state index in [9.17, 15) is 9.59 Å². The summed E-state index contributed by atoms with van der Waals surface area (Å²) < 4.78 is 4.60. The minimum atomic E-state index is -0.585. The molecule has 104 valence electrons. The number of rotatable bonds is 5. The molecule has 1 aromatic carbocycles. The van der Waals surface area contributed by atoms with E-state index in [0.29, 0.717) is 16.7 Å². The third kappa shape index (κ3) is 3.27. The number of carbonyl (C=O) groups is 2. The van der Waals surface area contributed by atoms with Crippen LogP contribution in [0.2, 0.25) is 0 Å². The molecule has 0 bridgehead atoms. The van der Waals surface area contributed by atoms with Gasteiger partial charge in [0.1, 0.15) is 0 Å². The van der Waals surface area contributed by atoms with Crippen LogP contribution in [0.15, 0.2) is 18.2 Å². The number of benzene rings is 1. The molecule has 1 aliphatic rings. The van der Waals surface area contributed by atoms with Crippen molar-refractivity contribution in [3.05, 3.63) is 34.9 Å². The first-order chi connectivity index (χ1) is 9.74. The topological polar surface area (TPSA) is 43.4 Å². The van der Waals surface area contributed by atoms with Gasteiger partial charge in [0.05, 0.1) is 11.1 Å². The van der Waals surface area contributed by atoms with Gasteiger partial charge in [-0.05, 0) is 18.6 Å². The molecule has 0 amide bonds. The Balaban J connectivity index is 1.98. The number of hydrogen-bond acceptors (Lipinski definition) is 3. The molecule has 0 N–H and O–H groups in total. The summed E-state index contributed by atoms with van der Waals surface area (Å²) in [6.45, 7) is 2.19. The van der Waals surface area contributed by atoms with Crippen molar-refractivity contribution in [2.45, 2.75) is 45.4 Å². The first-order valence-electron chi connectivity index (χ1n) is 7.12. The maximum atomic E-state index is 11.6. The molecule has 0 aliphatic carbocycles. The van der Waals surface area contributed by atoms with E-state index in [1.807, 2.05) is 0 Å². The molecular weight excluding hydrogens is 252 g/mol. The van der Waals surface area contributed by atoms with Crippen LogP contribution < -0.4 is 0 Å². The Kier molecular flexibility index (Phi) is 4.95. The quantitative estimate of drug-likeness (QED) is 0.354. The summed E-state index contributed by atoms with van der Waals surface area (Å²) in [5, 5.41) is 0. The van der Waals surface area contributed by atoms with Crippen molar-refractivity contribution in [2.24, 2.45) is 0 Å². The lowest BCUT2D eigenvalue weighted by Gasteiger charge is -1.96. The van der Waals surface area contributed by atoms with Crippen LogP contribution in [0.1, 0.15) is 71.7 Å². The van der Waals surface area contributed by atoms with E-state index >= 15 is 0 Å². The van der Waals surface area contributed by atoms with E-state index in [1.54, 1.807) is 18.2 Å². The number of hydrogen-bond donors (Lipinski definition) is 0. The van der Waals surface area contributed by atoms with Crippen molar-refractivity contribution in [1.29, 1.82) is 0 Å². The van der Waals surface area contributed by atoms with Crippen LogP contribution in [0.5, 0.6) is 0 Å². The Morgan fingerprint density at radius 3 is 2.65 bits per heavy atom. The van der Waals surface area contributed by atoms with E-state index in [-0.39, 0.29) is 0 Å². The highest BCUT2D eigenvalue weighted by Crippen LogP contribution is 2.22. The molecule has 0 atom stereocenters. The second-order valence-corrected chi connectivity index (χ2v) is 4.87. The van der Waals surface area contributed by atoms with Crippen molar-refractivity contribution in [3.8, 4) is 11.8 Å². The molecule has 0 spiro atoms. The molecule has 0 unspecified atom stereocenters. The standard InChI is InChI=1S/C17H18O3/c1-2-3-4-5-6-7-8-10-13-11-9-12-14-15(13)17(19)20-16(14)18/h9,11-12H,2-7H2,1H3. The molecule has 3 nitrogen and oxygen atoms in total. The van der Waals surface area contributed by atoms with Crippen LogP contribution in [0.25, 0.3) is 0 Å². The van der Waals surface area contributed by atoms with Gasteiger partial charge in [-0.15, -0.1) is 0 Å². The first-order valence-corrected chi connectivity index (χ1v) is 7.12. The van der Waals surface area contributed by atoms with Gasteiger partial charge in [0, 0.05) is 12.0 Å². The van der Waals surface area contributed by atoms with Crippen molar-refractivity contribution < 1.29 is 14.3 Å². The van der Waals surface area contributed by atoms with Gasteiger partial charge in [-0.25, -0.2) is 9.59 Å². The Morgan fingerprint density at radius 1 is 1.05 bits per heavy atom. The number of ether oxygens (including phenoxy) is 1. The summed E-state index contributed by atoms with van der Waals surface area (Å²) in [4.78, 5) is 23.0. The molecule has 0 saturated heterocycles. The van der Waals surface area contributed by atoms with E-state index < -0.39 is 11.9 Å². The van der Waals surface area contributed by atoms with Crippen LogP contribution in [-0.2, 0) is 4.74 Å². The predicted octanol–water partition coefficient (Wildman–Crippen LogP) is 3.71. The average Bonchev–Trinajstić information content (AvgIpc) is 2.74. The summed E-state index contributed by atoms with van der Waals surface area (Å²) in [6.07, 6.45) is 6.84. The number of carbonyl (C=O) groups excluding carboxylic acids is 2. The molecule has 0 saturated carbocycles. The van der Waals surface area contributed by atoms with E-state index in [2.05, 4.69) is 23.5 Å². The molecule has 20 heavy (non-hydrogen) atoms. The molecule has 0 radical (unpaired) electrons. The number of fused-ring (bicyclic) bond motifs is 1. The zero-order valence-corrected chi connectivity index (χ0v) is 11.7. The second-order valence-electron chi connectivity index (χ2n) is 4.87. The maximum absolute atomic E-state index is 11.6. The lowest BCUT2D eigenvalue weighted by atomic mass is 10.0. The van der Waals surface area contributed by atoms with Crippen molar-refractivity contribution in [2.75, 3.05) is 0 Å². The third-order valence-corrected chi connectivity index (χ3v) is 3.30. The number of unbranched alkanes of at least 4 members (excludes halogenated alkanes) is 5. The highest BCUT2D eigenvalue weighted by atomic mass is 16.6. The van der Waals surface area contributed by atoms with Crippen LogP contribution in [0.4, 0.5) is 0 Å². The largest absolute Gasteiger partial charge is 0.386 e. The summed E-state index contributed by atoms with van der Waals surface area (Å²) in [7, 11) is 0. The number of cyclic esters (lactones) is 2. The summed E-state index contributed by atoms with van der Waals surface area (Å²) >= 11 is 0. The molecule has 2 rings (SSSR count). The Bertz CT molecular complexity index is 576. The van der Waals surface area contributed by atoms with Crippen molar-refractivity contribution in [3.63, 3.8) is 0 Å². The smallest absolute Gasteiger partial charge is 0.348 e. The van der Waals surface area contributed by atoms with E-state index in [1.165, 1.54) is 25.7 Å². The van der Waals surface area contributed by atoms with Gasteiger partial charge in [-0.3, -0.25) is 0 Å². The predicted molar refractivity (Wildman–Crippen MR) is 76.4 cm³/mol. The van der Waals surface area contributed by atoms with Gasteiger partial charge in [0.2, 0.25) is 0 Å². The summed E-state index contributed by atoms with van der Waals surface area (Å²) in [6, 6.07) is 5.07. The normalized spacial score (nSPS) is 12.7. The van der Waals surface area contributed by atoms with Gasteiger partial charge in [-0.2, -0.15) is 0 Å². The highest BCUT2D eigenvalue weighted by molar-refractivity contribution is 6.15. The van der Waals surface area contributed by atoms with Gasteiger partial charge in [0.25, 0.3) is 0 Å². The molecule has 1 aromatic rings. The SMILES string of the molecule is CCCCCCCC#Cc1cccc2c1C(=O)OC2=O. The van der Waals surface area contributed by atoms with Crippen LogP contribution in [-0.4, -0.2) is 11.9 Å². The van der Waals surface area contributed by atoms with Gasteiger partial charge >= 0.3 is 11.9 Å². The summed E-state index contributed by atoms with van der Waals surface area (Å²) in [5.74, 6) is 4.90. The highest BCUT2D eigenvalue weighted by Gasteiger charge is 2.31. The monoisotopic (exact) mass is 270 g/mol. The lowest BCUT2D eigenvalue weighted by Crippen LogP contribution is -1.98. The fraction of sp³-hybridized carbons (Fsp3) is 0.412. The maximum Gasteiger partial charge on any atom is 0.348 e. The Morgan fingerprint density at radius 2 is 1.85 bits per heavy atom. The molecule has 1 aliphatic heterocycles. The molecule has 0 aromatic heterocycles. The first kappa shape index (κ1) is 14.3. The fourth-order valence-electron chi connectivity index (χ4n) is 2.21. The molecule has 3 heteroatoms. The summed E-state index contributed by atoms with van der Waals surface area (Å²) in [5.41, 5.74) is 1.23. The van der Waals surface area contributed by atoms with E-state index in [4.69, 9.17) is 0 Å². The second kappa shape index (κ2) is 6.91. The third-order valence-electron chi connectivity index (χ3n) is 3.30. The molecule has 0 fully saturated rings. The van der Waals surface area contributed by atoms with Crippen LogP contribution in [0, 0.1) is 11.8 Å². The zero-order chi connectivity index (χ0) is 14.4. The van der Waals surface area contributed by atoms with Crippen molar-refractivity contribution in [1.82, 2.24) is 0 Å². The van der Waals surface area contributed by atoms with Gasteiger partial charge in [0.15, 0.2) is 0 Å². The molecule has 1 heterocycles. The lowest BCUT2D eigenvalue weighted by molar-refractivity contribution is 0.0443. The van der Waals surface area contributed by atoms with Crippen LogP contribution >= 0.6 is 0 Å². The van der Waals surface area contributed by atoms with Crippen LogP contribution in [0.3, 0.4) is 0 Å². The van der Waals surface area contributed by atoms with Crippen molar-refractivity contribution >= 4 is 11.9 Å².